The molecule has 0 aromatic rings. The third-order valence-corrected chi connectivity index (χ3v) is 12.4. The first-order valence-electron chi connectivity index (χ1n) is 20.4. The van der Waals surface area contributed by atoms with Gasteiger partial charge in [0, 0.05) is 45.6 Å². The van der Waals surface area contributed by atoms with Gasteiger partial charge in [0.25, 0.3) is 11.7 Å². The van der Waals surface area contributed by atoms with Crippen LogP contribution in [0.3, 0.4) is 0 Å². The molecular weight excluding hydrogens is 706 g/mol. The SMILES string of the molecule is CCC1C=C(C)CC(C)CC(OC)C2OC(O)(C(=O)C(=O)N3CCCCC3C(=O)OC(C(C)=CC3CCC(O)C(OC)C3)C(C)C=CC1=O)C(C)CC2OC. The number of aliphatic hydroxyl groups excluding tert-OH is 1. The van der Waals surface area contributed by atoms with Crippen LogP contribution in [0.1, 0.15) is 106 Å². The van der Waals surface area contributed by atoms with E-state index in [1.807, 2.05) is 33.8 Å². The molecule has 2 saturated heterocycles. The summed E-state index contributed by atoms with van der Waals surface area (Å²) in [5.74, 6) is -6.74. The van der Waals surface area contributed by atoms with Crippen LogP contribution in [-0.2, 0) is 42.9 Å². The standard InChI is InChI=1S/C43H67NO11/c1-10-31-20-25(2)19-26(3)21-36(52-8)39-37(53-9)23-29(6)43(50,55-39)40(47)41(48)44-18-12-11-13-32(44)42(49)54-38(27(4)14-16-33(31)45)28(5)22-30-15-17-34(46)35(24-30)51-7/h14,16,20,22,26-27,29-32,34-39,46,50H,10-13,15,17-19,21,23-24H2,1-9H3. The average Bonchev–Trinajstić information content (AvgIpc) is 3.17. The first kappa shape index (κ1) is 45.0. The van der Waals surface area contributed by atoms with E-state index in [0.29, 0.717) is 44.9 Å². The fraction of sp³-hybridized carbons (Fsp3) is 0.767. The fourth-order valence-electron chi connectivity index (χ4n) is 9.08. The molecule has 55 heavy (non-hydrogen) atoms. The van der Waals surface area contributed by atoms with E-state index in [4.69, 9.17) is 23.7 Å². The number of carbonyl (C=O) groups excluding carboxylic acids is 4. The lowest BCUT2D eigenvalue weighted by atomic mass is 9.82. The Morgan fingerprint density at radius 2 is 1.64 bits per heavy atom. The molecule has 13 atom stereocenters. The maximum absolute atomic E-state index is 14.2. The number of rotatable bonds is 6. The molecule has 0 aromatic heterocycles. The number of ketones is 2. The van der Waals surface area contributed by atoms with Gasteiger partial charge in [-0.3, -0.25) is 14.4 Å². The predicted octanol–water partition coefficient (Wildman–Crippen LogP) is 5.28. The monoisotopic (exact) mass is 773 g/mol. The Bertz CT molecular complexity index is 1440. The summed E-state index contributed by atoms with van der Waals surface area (Å²) in [4.78, 5) is 57.5. The van der Waals surface area contributed by atoms with Gasteiger partial charge in [-0.2, -0.15) is 0 Å². The Balaban J connectivity index is 1.76. The molecule has 0 aromatic carbocycles. The van der Waals surface area contributed by atoms with E-state index in [1.54, 1.807) is 40.4 Å². The molecule has 3 fully saturated rings. The molecule has 12 nitrogen and oxygen atoms in total. The minimum absolute atomic E-state index is 0.0487. The lowest BCUT2D eigenvalue weighted by Crippen LogP contribution is -2.64. The van der Waals surface area contributed by atoms with E-state index >= 15 is 0 Å². The van der Waals surface area contributed by atoms with Crippen LogP contribution in [0.5, 0.6) is 0 Å². The second-order valence-electron chi connectivity index (χ2n) is 16.7. The van der Waals surface area contributed by atoms with Crippen LogP contribution in [0, 0.1) is 29.6 Å². The summed E-state index contributed by atoms with van der Waals surface area (Å²) in [6.07, 6.45) is 9.26. The molecule has 1 saturated carbocycles. The third-order valence-electron chi connectivity index (χ3n) is 12.4. The number of methoxy groups -OCH3 is 3. The topological polar surface area (TPSA) is 158 Å². The molecule has 1 aliphatic carbocycles. The molecule has 310 valence electrons. The lowest BCUT2D eigenvalue weighted by Gasteiger charge is -2.47. The first-order chi connectivity index (χ1) is 26.1. The molecule has 4 rings (SSSR count). The van der Waals surface area contributed by atoms with Gasteiger partial charge in [0.2, 0.25) is 5.79 Å². The Hall–Kier alpha value is -2.74. The molecule has 1 amide bonds. The molecule has 4 aliphatic rings. The summed E-state index contributed by atoms with van der Waals surface area (Å²) in [6, 6.07) is -1.06. The van der Waals surface area contributed by atoms with Gasteiger partial charge in [-0.1, -0.05) is 51.5 Å². The van der Waals surface area contributed by atoms with Crippen molar-refractivity contribution in [1.82, 2.24) is 4.90 Å². The number of hydrogen-bond acceptors (Lipinski definition) is 11. The van der Waals surface area contributed by atoms with Crippen molar-refractivity contribution in [1.29, 1.82) is 0 Å². The fourth-order valence-corrected chi connectivity index (χ4v) is 9.08. The quantitative estimate of drug-likeness (QED) is 0.206. The van der Waals surface area contributed by atoms with Crippen molar-refractivity contribution >= 4 is 23.4 Å². The maximum atomic E-state index is 14.2. The number of amides is 1. The average molecular weight is 774 g/mol. The van der Waals surface area contributed by atoms with Crippen LogP contribution in [-0.4, -0.2) is 115 Å². The number of fused-ring (bicyclic) bond motifs is 3. The number of aliphatic hydroxyl groups is 2. The van der Waals surface area contributed by atoms with Gasteiger partial charge in [0.05, 0.1) is 24.4 Å². The molecular formula is C43H67NO11. The minimum Gasteiger partial charge on any atom is -0.456 e. The van der Waals surface area contributed by atoms with E-state index in [-0.39, 0.29) is 49.0 Å². The van der Waals surface area contributed by atoms with Crippen molar-refractivity contribution in [3.8, 4) is 0 Å². The van der Waals surface area contributed by atoms with Crippen molar-refractivity contribution < 1.29 is 53.1 Å². The van der Waals surface area contributed by atoms with E-state index in [2.05, 4.69) is 13.0 Å². The van der Waals surface area contributed by atoms with Gasteiger partial charge >= 0.3 is 5.97 Å². The van der Waals surface area contributed by atoms with Gasteiger partial charge in [0.1, 0.15) is 18.2 Å². The number of allylic oxidation sites excluding steroid dienone is 4. The number of carbonyl (C=O) groups is 4. The first-order valence-corrected chi connectivity index (χ1v) is 20.4. The molecule has 3 aliphatic heterocycles. The Morgan fingerprint density at radius 1 is 0.964 bits per heavy atom. The zero-order chi connectivity index (χ0) is 40.6. The number of ether oxygens (including phenoxy) is 5. The molecule has 2 N–H and O–H groups in total. The number of esters is 1. The molecule has 3 heterocycles. The van der Waals surface area contributed by atoms with Gasteiger partial charge in [0.15, 0.2) is 5.78 Å². The highest BCUT2D eigenvalue weighted by Crippen LogP contribution is 2.39. The van der Waals surface area contributed by atoms with Crippen LogP contribution in [0.15, 0.2) is 35.5 Å². The molecule has 0 radical (unpaired) electrons. The highest BCUT2D eigenvalue weighted by atomic mass is 16.7. The number of Topliss-reactive ketones (excluding diaryl/α,β-unsaturated/α-hetero) is 1. The van der Waals surface area contributed by atoms with Crippen molar-refractivity contribution in [2.75, 3.05) is 27.9 Å². The normalized spacial score (nSPS) is 39.5. The van der Waals surface area contributed by atoms with Crippen molar-refractivity contribution in [2.24, 2.45) is 29.6 Å². The van der Waals surface area contributed by atoms with Crippen LogP contribution >= 0.6 is 0 Å². The number of cyclic esters (lactones) is 1. The summed E-state index contributed by atoms with van der Waals surface area (Å²) >= 11 is 0. The maximum Gasteiger partial charge on any atom is 0.329 e. The predicted molar refractivity (Wildman–Crippen MR) is 207 cm³/mol. The zero-order valence-corrected chi connectivity index (χ0v) is 34.5. The van der Waals surface area contributed by atoms with Gasteiger partial charge in [-0.05, 0) is 102 Å². The Kier molecular flexibility index (Phi) is 16.4. The molecule has 13 unspecified atom stereocenters. The van der Waals surface area contributed by atoms with Crippen LogP contribution in [0.4, 0.5) is 0 Å². The number of nitrogens with zero attached hydrogens (tertiary/aromatic N) is 1. The molecule has 0 spiro atoms. The van der Waals surface area contributed by atoms with Gasteiger partial charge in [-0.15, -0.1) is 0 Å². The minimum atomic E-state index is -2.47. The van der Waals surface area contributed by atoms with Crippen molar-refractivity contribution in [3.63, 3.8) is 0 Å². The van der Waals surface area contributed by atoms with Crippen LogP contribution in [0.2, 0.25) is 0 Å². The van der Waals surface area contributed by atoms with Gasteiger partial charge in [-0.25, -0.2) is 4.79 Å². The third kappa shape index (κ3) is 10.8. The Morgan fingerprint density at radius 3 is 2.29 bits per heavy atom. The number of piperidine rings is 1. The largest absolute Gasteiger partial charge is 0.456 e. The van der Waals surface area contributed by atoms with E-state index in [0.717, 1.165) is 17.6 Å². The van der Waals surface area contributed by atoms with Crippen molar-refractivity contribution in [2.45, 2.75) is 154 Å². The summed E-state index contributed by atoms with van der Waals surface area (Å²) < 4.78 is 29.8. The molecule has 12 heteroatoms. The van der Waals surface area contributed by atoms with E-state index < -0.39 is 71.8 Å². The second-order valence-corrected chi connectivity index (χ2v) is 16.7. The lowest BCUT2D eigenvalue weighted by molar-refractivity contribution is -0.302. The van der Waals surface area contributed by atoms with Gasteiger partial charge < -0.3 is 38.8 Å². The summed E-state index contributed by atoms with van der Waals surface area (Å²) in [6.45, 7) is 11.6. The smallest absolute Gasteiger partial charge is 0.329 e. The summed E-state index contributed by atoms with van der Waals surface area (Å²) in [7, 11) is 4.68. The Labute approximate surface area is 328 Å². The number of hydrogen-bond donors (Lipinski definition) is 2. The van der Waals surface area contributed by atoms with E-state index in [1.165, 1.54) is 4.90 Å². The van der Waals surface area contributed by atoms with E-state index in [9.17, 15) is 29.4 Å². The summed E-state index contributed by atoms with van der Waals surface area (Å²) in [5, 5.41) is 22.4. The highest BCUT2D eigenvalue weighted by molar-refractivity contribution is 6.39. The molecule has 2 bridgehead atoms. The highest BCUT2D eigenvalue weighted by Gasteiger charge is 2.56. The summed E-state index contributed by atoms with van der Waals surface area (Å²) in [5.41, 5.74) is 1.82. The van der Waals surface area contributed by atoms with Crippen LogP contribution < -0.4 is 0 Å². The van der Waals surface area contributed by atoms with Crippen molar-refractivity contribution in [3.05, 3.63) is 35.5 Å². The van der Waals surface area contributed by atoms with Crippen LogP contribution in [0.25, 0.3) is 0 Å². The second kappa shape index (κ2) is 20.1. The zero-order valence-electron chi connectivity index (χ0n) is 34.5.